The van der Waals surface area contributed by atoms with Crippen molar-refractivity contribution in [1.82, 2.24) is 4.98 Å². The maximum absolute atomic E-state index is 10.7. The summed E-state index contributed by atoms with van der Waals surface area (Å²) in [5, 5.41) is 0. The Morgan fingerprint density at radius 3 is 3.00 bits per heavy atom. The first-order valence-electron chi connectivity index (χ1n) is 3.75. The van der Waals surface area contributed by atoms with Crippen molar-refractivity contribution in [3.8, 4) is 11.8 Å². The van der Waals surface area contributed by atoms with Crippen LogP contribution in [0.2, 0.25) is 0 Å². The van der Waals surface area contributed by atoms with E-state index in [9.17, 15) is 4.79 Å². The largest absolute Gasteiger partial charge is 0.459 e. The van der Waals surface area contributed by atoms with E-state index in [2.05, 4.69) is 21.6 Å². The molecule has 66 valence electrons. The second-order valence-electron chi connectivity index (χ2n) is 2.43. The maximum Gasteiger partial charge on any atom is 0.384 e. The van der Waals surface area contributed by atoms with Crippen molar-refractivity contribution in [1.29, 1.82) is 0 Å². The van der Waals surface area contributed by atoms with Crippen LogP contribution < -0.4 is 0 Å². The van der Waals surface area contributed by atoms with Crippen LogP contribution in [0.5, 0.6) is 0 Å². The second-order valence-corrected chi connectivity index (χ2v) is 2.43. The average molecular weight is 175 g/mol. The van der Waals surface area contributed by atoms with E-state index in [-0.39, 0.29) is 0 Å². The summed E-state index contributed by atoms with van der Waals surface area (Å²) in [7, 11) is 1.30. The summed E-state index contributed by atoms with van der Waals surface area (Å²) < 4.78 is 4.37. The van der Waals surface area contributed by atoms with Crippen molar-refractivity contribution < 1.29 is 9.53 Å². The van der Waals surface area contributed by atoms with E-state index in [1.807, 2.05) is 6.92 Å². The van der Waals surface area contributed by atoms with Crippen LogP contribution in [0.15, 0.2) is 18.3 Å². The molecule has 3 heteroatoms. The molecule has 0 amide bonds. The molecule has 0 fully saturated rings. The van der Waals surface area contributed by atoms with Gasteiger partial charge in [0.25, 0.3) is 0 Å². The van der Waals surface area contributed by atoms with Gasteiger partial charge >= 0.3 is 5.97 Å². The Hall–Kier alpha value is -1.82. The standard InChI is InChI=1S/C10H9NO2/c1-8-7-9(5-6-11-8)3-4-10(12)13-2/h5-7H,1-2H3. The van der Waals surface area contributed by atoms with Crippen LogP contribution in [-0.2, 0) is 9.53 Å². The highest BCUT2D eigenvalue weighted by atomic mass is 16.5. The molecule has 0 saturated heterocycles. The SMILES string of the molecule is COC(=O)C#Cc1ccnc(C)c1. The molecule has 0 aliphatic heterocycles. The first-order valence-corrected chi connectivity index (χ1v) is 3.75. The fourth-order valence-electron chi connectivity index (χ4n) is 0.798. The lowest BCUT2D eigenvalue weighted by Crippen LogP contribution is -1.94. The Morgan fingerprint density at radius 1 is 1.62 bits per heavy atom. The Morgan fingerprint density at radius 2 is 2.38 bits per heavy atom. The number of methoxy groups -OCH3 is 1. The Bertz CT molecular complexity index is 374. The summed E-state index contributed by atoms with van der Waals surface area (Å²) in [6.07, 6.45) is 1.65. The van der Waals surface area contributed by atoms with E-state index in [0.29, 0.717) is 0 Å². The van der Waals surface area contributed by atoms with Gasteiger partial charge in [0.1, 0.15) is 0 Å². The molecule has 0 spiro atoms. The highest BCUT2D eigenvalue weighted by Gasteiger charge is 1.91. The molecular weight excluding hydrogens is 166 g/mol. The number of hydrogen-bond donors (Lipinski definition) is 0. The highest BCUT2D eigenvalue weighted by Crippen LogP contribution is 1.97. The lowest BCUT2D eigenvalue weighted by molar-refractivity contribution is -0.133. The molecule has 0 unspecified atom stereocenters. The van der Waals surface area contributed by atoms with Crippen molar-refractivity contribution >= 4 is 5.97 Å². The van der Waals surface area contributed by atoms with E-state index in [4.69, 9.17) is 0 Å². The average Bonchev–Trinajstić information content (AvgIpc) is 2.14. The molecule has 1 rings (SSSR count). The number of nitrogens with zero attached hydrogens (tertiary/aromatic N) is 1. The number of hydrogen-bond acceptors (Lipinski definition) is 3. The van der Waals surface area contributed by atoms with Crippen LogP contribution in [0, 0.1) is 18.8 Å². The van der Waals surface area contributed by atoms with Gasteiger partial charge in [0.15, 0.2) is 0 Å². The molecule has 3 nitrogen and oxygen atoms in total. The zero-order valence-electron chi connectivity index (χ0n) is 7.50. The Kier molecular flexibility index (Phi) is 3.04. The number of esters is 1. The zero-order chi connectivity index (χ0) is 9.68. The molecule has 0 aliphatic carbocycles. The molecule has 0 aromatic carbocycles. The Balaban J connectivity index is 2.83. The van der Waals surface area contributed by atoms with Crippen molar-refractivity contribution in [2.45, 2.75) is 6.92 Å². The molecular formula is C10H9NO2. The van der Waals surface area contributed by atoms with Gasteiger partial charge in [0, 0.05) is 23.4 Å². The number of pyridine rings is 1. The second kappa shape index (κ2) is 4.27. The third-order valence-electron chi connectivity index (χ3n) is 1.39. The van der Waals surface area contributed by atoms with E-state index in [0.717, 1.165) is 11.3 Å². The number of aromatic nitrogens is 1. The van der Waals surface area contributed by atoms with Gasteiger partial charge in [-0.1, -0.05) is 5.92 Å². The number of rotatable bonds is 0. The van der Waals surface area contributed by atoms with Gasteiger partial charge in [-0.15, -0.1) is 0 Å². The minimum absolute atomic E-state index is 0.533. The van der Waals surface area contributed by atoms with Gasteiger partial charge in [0.2, 0.25) is 0 Å². The molecule has 0 N–H and O–H groups in total. The summed E-state index contributed by atoms with van der Waals surface area (Å²) in [5.41, 5.74) is 1.63. The van der Waals surface area contributed by atoms with Crippen LogP contribution in [-0.4, -0.2) is 18.1 Å². The number of aryl methyl sites for hydroxylation is 1. The van der Waals surface area contributed by atoms with Gasteiger partial charge in [0.05, 0.1) is 7.11 Å². The van der Waals surface area contributed by atoms with Crippen molar-refractivity contribution in [3.05, 3.63) is 29.6 Å². The van der Waals surface area contributed by atoms with Crippen molar-refractivity contribution in [3.63, 3.8) is 0 Å². The lowest BCUT2D eigenvalue weighted by Gasteiger charge is -1.91. The van der Waals surface area contributed by atoms with Gasteiger partial charge in [-0.3, -0.25) is 4.98 Å². The van der Waals surface area contributed by atoms with Gasteiger partial charge in [-0.2, -0.15) is 0 Å². The molecule has 0 saturated carbocycles. The lowest BCUT2D eigenvalue weighted by atomic mass is 10.2. The third-order valence-corrected chi connectivity index (χ3v) is 1.39. The van der Waals surface area contributed by atoms with E-state index < -0.39 is 5.97 Å². The topological polar surface area (TPSA) is 39.2 Å². The van der Waals surface area contributed by atoms with Crippen LogP contribution in [0.3, 0.4) is 0 Å². The minimum atomic E-state index is -0.533. The van der Waals surface area contributed by atoms with Crippen molar-refractivity contribution in [2.24, 2.45) is 0 Å². The maximum atomic E-state index is 10.7. The third kappa shape index (κ3) is 2.96. The highest BCUT2D eigenvalue weighted by molar-refractivity contribution is 5.88. The number of ether oxygens (including phenoxy) is 1. The molecule has 0 aliphatic rings. The normalized spacial score (nSPS) is 8.46. The Labute approximate surface area is 76.8 Å². The summed E-state index contributed by atoms with van der Waals surface area (Å²) in [6, 6.07) is 3.54. The molecule has 0 bridgehead atoms. The predicted octanol–water partition coefficient (Wildman–Crippen LogP) is 0.915. The zero-order valence-corrected chi connectivity index (χ0v) is 7.50. The first kappa shape index (κ1) is 9.27. The first-order chi connectivity index (χ1) is 6.22. The van der Waals surface area contributed by atoms with Crippen LogP contribution in [0.1, 0.15) is 11.3 Å². The smallest absolute Gasteiger partial charge is 0.384 e. The van der Waals surface area contributed by atoms with Crippen molar-refractivity contribution in [2.75, 3.05) is 7.11 Å². The van der Waals surface area contributed by atoms with E-state index in [1.54, 1.807) is 18.3 Å². The summed E-state index contributed by atoms with van der Waals surface area (Å²) in [5.74, 6) is 4.48. The summed E-state index contributed by atoms with van der Waals surface area (Å²) >= 11 is 0. The molecule has 0 atom stereocenters. The fraction of sp³-hybridized carbons (Fsp3) is 0.200. The van der Waals surface area contributed by atoms with Gasteiger partial charge < -0.3 is 4.74 Å². The number of carbonyl (C=O) groups is 1. The number of carbonyl (C=O) groups excluding carboxylic acids is 1. The van der Waals surface area contributed by atoms with E-state index >= 15 is 0 Å². The predicted molar refractivity (Wildman–Crippen MR) is 47.9 cm³/mol. The monoisotopic (exact) mass is 175 g/mol. The molecule has 1 aromatic heterocycles. The summed E-state index contributed by atoms with van der Waals surface area (Å²) in [6.45, 7) is 1.86. The molecule has 0 radical (unpaired) electrons. The fourth-order valence-corrected chi connectivity index (χ4v) is 0.798. The minimum Gasteiger partial charge on any atom is -0.459 e. The van der Waals surface area contributed by atoms with E-state index in [1.165, 1.54) is 7.11 Å². The van der Waals surface area contributed by atoms with Crippen LogP contribution in [0.25, 0.3) is 0 Å². The van der Waals surface area contributed by atoms with Crippen LogP contribution in [0.4, 0.5) is 0 Å². The molecule has 1 heterocycles. The summed E-state index contributed by atoms with van der Waals surface area (Å²) in [4.78, 5) is 14.7. The van der Waals surface area contributed by atoms with Crippen LogP contribution >= 0.6 is 0 Å². The van der Waals surface area contributed by atoms with Gasteiger partial charge in [-0.05, 0) is 19.1 Å². The quantitative estimate of drug-likeness (QED) is 0.434. The molecule has 13 heavy (non-hydrogen) atoms. The van der Waals surface area contributed by atoms with Gasteiger partial charge in [-0.25, -0.2) is 4.79 Å². The molecule has 1 aromatic rings.